The standard InChI is InChI=1S/C19H24ClN7O/c1-18-8-26(9-19(18,2)11-27(10-18)16(28)12-3-4-12)15-14(20)7-21-17(25-15)24-13-5-22-23-6-13/h5-7,12H,3-4,8-11H2,1-2H3,(H,22,23)(H,21,24,25)/t18-,19+. The van der Waals surface area contributed by atoms with Crippen LogP contribution >= 0.6 is 11.6 Å². The molecule has 2 aromatic heterocycles. The van der Waals surface area contributed by atoms with Crippen LogP contribution in [-0.4, -0.2) is 57.2 Å². The van der Waals surface area contributed by atoms with Gasteiger partial charge in [0.05, 0.1) is 18.1 Å². The van der Waals surface area contributed by atoms with E-state index in [1.807, 2.05) is 0 Å². The van der Waals surface area contributed by atoms with Crippen molar-refractivity contribution < 1.29 is 4.79 Å². The van der Waals surface area contributed by atoms with Crippen LogP contribution in [0.15, 0.2) is 18.6 Å². The second-order valence-corrected chi connectivity index (χ2v) is 9.33. The summed E-state index contributed by atoms with van der Waals surface area (Å²) in [7, 11) is 0. The molecule has 0 unspecified atom stereocenters. The molecule has 2 N–H and O–H groups in total. The zero-order valence-electron chi connectivity index (χ0n) is 16.1. The van der Waals surface area contributed by atoms with Crippen molar-refractivity contribution in [3.05, 3.63) is 23.6 Å². The molecule has 0 radical (unpaired) electrons. The number of aromatic nitrogens is 4. The van der Waals surface area contributed by atoms with Crippen LogP contribution < -0.4 is 10.2 Å². The number of H-pyrrole nitrogens is 1. The van der Waals surface area contributed by atoms with E-state index >= 15 is 0 Å². The number of fused-ring (bicyclic) bond motifs is 1. The predicted octanol–water partition coefficient (Wildman–Crippen LogP) is 2.68. The molecule has 2 aliphatic heterocycles. The second kappa shape index (κ2) is 6.07. The fourth-order valence-electron chi connectivity index (χ4n) is 4.64. The predicted molar refractivity (Wildman–Crippen MR) is 107 cm³/mol. The molecule has 1 aliphatic carbocycles. The lowest BCUT2D eigenvalue weighted by Crippen LogP contribution is -2.36. The Morgan fingerprint density at radius 3 is 2.54 bits per heavy atom. The zero-order chi connectivity index (χ0) is 19.5. The van der Waals surface area contributed by atoms with Gasteiger partial charge in [0.25, 0.3) is 0 Å². The number of rotatable bonds is 4. The molecular weight excluding hydrogens is 378 g/mol. The van der Waals surface area contributed by atoms with E-state index in [1.165, 1.54) is 0 Å². The van der Waals surface area contributed by atoms with Gasteiger partial charge in [-0.3, -0.25) is 9.89 Å². The Labute approximate surface area is 168 Å². The average Bonchev–Trinajstić information content (AvgIpc) is 3.23. The third-order valence-electron chi connectivity index (χ3n) is 6.63. The molecule has 0 aromatic carbocycles. The van der Waals surface area contributed by atoms with Gasteiger partial charge in [-0.15, -0.1) is 0 Å². The van der Waals surface area contributed by atoms with Gasteiger partial charge >= 0.3 is 0 Å². The second-order valence-electron chi connectivity index (χ2n) is 8.92. The number of hydrogen-bond donors (Lipinski definition) is 2. The molecule has 2 aromatic rings. The molecule has 8 nitrogen and oxygen atoms in total. The minimum absolute atomic E-state index is 0.0178. The normalized spacial score (nSPS) is 29.2. The van der Waals surface area contributed by atoms with Crippen molar-refractivity contribution in [2.45, 2.75) is 26.7 Å². The summed E-state index contributed by atoms with van der Waals surface area (Å²) in [6.45, 7) is 7.82. The van der Waals surface area contributed by atoms with E-state index in [1.54, 1.807) is 18.6 Å². The van der Waals surface area contributed by atoms with Crippen molar-refractivity contribution in [1.82, 2.24) is 25.1 Å². The highest BCUT2D eigenvalue weighted by Crippen LogP contribution is 2.53. The van der Waals surface area contributed by atoms with Gasteiger partial charge in [0.15, 0.2) is 5.82 Å². The van der Waals surface area contributed by atoms with E-state index in [4.69, 9.17) is 11.6 Å². The first-order chi connectivity index (χ1) is 13.4. The van der Waals surface area contributed by atoms with Crippen molar-refractivity contribution in [2.24, 2.45) is 16.7 Å². The number of likely N-dealkylation sites (tertiary alicyclic amines) is 1. The average molecular weight is 402 g/mol. The number of anilines is 3. The number of nitrogens with one attached hydrogen (secondary N) is 2. The topological polar surface area (TPSA) is 90.0 Å². The van der Waals surface area contributed by atoms with Crippen LogP contribution in [0.1, 0.15) is 26.7 Å². The molecule has 4 heterocycles. The summed E-state index contributed by atoms with van der Waals surface area (Å²) < 4.78 is 0. The summed E-state index contributed by atoms with van der Waals surface area (Å²) in [5.41, 5.74) is 0.827. The lowest BCUT2D eigenvalue weighted by molar-refractivity contribution is -0.132. The molecule has 3 fully saturated rings. The van der Waals surface area contributed by atoms with Crippen LogP contribution in [0.2, 0.25) is 5.02 Å². The molecule has 5 rings (SSSR count). The van der Waals surface area contributed by atoms with Gasteiger partial charge in [0.1, 0.15) is 5.02 Å². The summed E-state index contributed by atoms with van der Waals surface area (Å²) in [4.78, 5) is 25.8. The highest BCUT2D eigenvalue weighted by atomic mass is 35.5. The number of carbonyl (C=O) groups excluding carboxylic acids is 1. The Balaban J connectivity index is 1.37. The maximum absolute atomic E-state index is 12.6. The van der Waals surface area contributed by atoms with Gasteiger partial charge in [-0.2, -0.15) is 10.1 Å². The van der Waals surface area contributed by atoms with Crippen molar-refractivity contribution in [1.29, 1.82) is 0 Å². The minimum atomic E-state index is 0.0178. The Kier molecular flexibility index (Phi) is 3.84. The smallest absolute Gasteiger partial charge is 0.229 e. The van der Waals surface area contributed by atoms with Crippen LogP contribution in [0.4, 0.5) is 17.5 Å². The molecule has 9 heteroatoms. The van der Waals surface area contributed by atoms with Crippen molar-refractivity contribution >= 4 is 35.0 Å². The minimum Gasteiger partial charge on any atom is -0.354 e. The van der Waals surface area contributed by atoms with E-state index in [-0.39, 0.29) is 16.7 Å². The summed E-state index contributed by atoms with van der Waals surface area (Å²) in [6.07, 6.45) is 7.15. The van der Waals surface area contributed by atoms with E-state index in [2.05, 4.69) is 49.1 Å². The number of nitrogens with zero attached hydrogens (tertiary/aromatic N) is 5. The lowest BCUT2D eigenvalue weighted by atomic mass is 9.71. The highest BCUT2D eigenvalue weighted by Gasteiger charge is 2.59. The summed E-state index contributed by atoms with van der Waals surface area (Å²) in [6, 6.07) is 0. The largest absolute Gasteiger partial charge is 0.354 e. The molecule has 3 aliphatic rings. The van der Waals surface area contributed by atoms with Gasteiger partial charge < -0.3 is 15.1 Å². The SMILES string of the molecule is C[C@@]12CN(C(=O)C3CC3)C[C@]1(C)CN(c1nc(Nc3cn[nH]c3)ncc1Cl)C2. The van der Waals surface area contributed by atoms with Crippen LogP contribution in [0.3, 0.4) is 0 Å². The first kappa shape index (κ1) is 17.7. The molecule has 1 saturated carbocycles. The van der Waals surface area contributed by atoms with E-state index in [0.717, 1.165) is 50.5 Å². The Morgan fingerprint density at radius 2 is 1.93 bits per heavy atom. The summed E-state index contributed by atoms with van der Waals surface area (Å²) >= 11 is 6.46. The van der Waals surface area contributed by atoms with E-state index in [9.17, 15) is 4.79 Å². The Hall–Kier alpha value is -2.35. The van der Waals surface area contributed by atoms with Crippen LogP contribution in [0.25, 0.3) is 0 Å². The molecular formula is C19H24ClN7O. The van der Waals surface area contributed by atoms with Crippen LogP contribution in [0.5, 0.6) is 0 Å². The first-order valence-electron chi connectivity index (χ1n) is 9.69. The van der Waals surface area contributed by atoms with Gasteiger partial charge in [-0.25, -0.2) is 4.98 Å². The first-order valence-corrected chi connectivity index (χ1v) is 10.1. The molecule has 2 atom stereocenters. The van der Waals surface area contributed by atoms with E-state index < -0.39 is 0 Å². The fraction of sp³-hybridized carbons (Fsp3) is 0.579. The van der Waals surface area contributed by atoms with Crippen LogP contribution in [0, 0.1) is 16.7 Å². The quantitative estimate of drug-likeness (QED) is 0.818. The summed E-state index contributed by atoms with van der Waals surface area (Å²) in [5.74, 6) is 1.84. The number of halogens is 1. The van der Waals surface area contributed by atoms with Crippen molar-refractivity contribution in [3.63, 3.8) is 0 Å². The van der Waals surface area contributed by atoms with Crippen molar-refractivity contribution in [2.75, 3.05) is 36.4 Å². The molecule has 2 saturated heterocycles. The fourth-order valence-corrected chi connectivity index (χ4v) is 4.85. The van der Waals surface area contributed by atoms with Crippen LogP contribution in [-0.2, 0) is 4.79 Å². The highest BCUT2D eigenvalue weighted by molar-refractivity contribution is 6.32. The third kappa shape index (κ3) is 2.82. The monoisotopic (exact) mass is 401 g/mol. The Morgan fingerprint density at radius 1 is 1.21 bits per heavy atom. The van der Waals surface area contributed by atoms with Gasteiger partial charge in [0, 0.05) is 49.1 Å². The van der Waals surface area contributed by atoms with Gasteiger partial charge in [-0.1, -0.05) is 25.4 Å². The molecule has 148 valence electrons. The van der Waals surface area contributed by atoms with Gasteiger partial charge in [-0.05, 0) is 12.8 Å². The zero-order valence-corrected chi connectivity index (χ0v) is 16.8. The Bertz CT molecular complexity index is 895. The number of hydrogen-bond acceptors (Lipinski definition) is 6. The maximum atomic E-state index is 12.6. The van der Waals surface area contributed by atoms with Gasteiger partial charge in [0.2, 0.25) is 11.9 Å². The number of amides is 1. The number of aromatic amines is 1. The third-order valence-corrected chi connectivity index (χ3v) is 6.90. The lowest BCUT2D eigenvalue weighted by Gasteiger charge is -2.29. The van der Waals surface area contributed by atoms with Crippen molar-refractivity contribution in [3.8, 4) is 0 Å². The molecule has 0 spiro atoms. The molecule has 28 heavy (non-hydrogen) atoms. The summed E-state index contributed by atoms with van der Waals surface area (Å²) in [5, 5.41) is 10.3. The van der Waals surface area contributed by atoms with E-state index in [0.29, 0.717) is 16.9 Å². The molecule has 0 bridgehead atoms. The maximum Gasteiger partial charge on any atom is 0.229 e. The molecule has 1 amide bonds. The number of carbonyl (C=O) groups is 1.